The van der Waals surface area contributed by atoms with Crippen LogP contribution in [0.4, 0.5) is 5.69 Å². The predicted molar refractivity (Wildman–Crippen MR) is 126 cm³/mol. The van der Waals surface area contributed by atoms with Crippen LogP contribution in [0.15, 0.2) is 66.7 Å². The zero-order valence-electron chi connectivity index (χ0n) is 18.5. The van der Waals surface area contributed by atoms with E-state index in [1.807, 2.05) is 71.6 Å². The van der Waals surface area contributed by atoms with E-state index < -0.39 is 0 Å². The summed E-state index contributed by atoms with van der Waals surface area (Å²) in [6.07, 6.45) is 1.37. The predicted octanol–water partition coefficient (Wildman–Crippen LogP) is 5.63. The number of anilines is 1. The number of nitrogens with one attached hydrogen (secondary N) is 1. The third-order valence-corrected chi connectivity index (χ3v) is 6.20. The molecule has 0 bridgehead atoms. The zero-order chi connectivity index (χ0) is 22.0. The number of hydrogen-bond donors (Lipinski definition) is 1. The maximum absolute atomic E-state index is 12.9. The van der Waals surface area contributed by atoms with Crippen LogP contribution in [-0.4, -0.2) is 29.8 Å². The highest BCUT2D eigenvalue weighted by atomic mass is 16.2. The van der Waals surface area contributed by atoms with Crippen molar-refractivity contribution in [3.8, 4) is 0 Å². The summed E-state index contributed by atoms with van der Waals surface area (Å²) in [5.74, 6) is 0.0117. The van der Waals surface area contributed by atoms with Gasteiger partial charge in [0, 0.05) is 35.6 Å². The summed E-state index contributed by atoms with van der Waals surface area (Å²) in [5.41, 5.74) is 2.84. The van der Waals surface area contributed by atoms with E-state index in [1.165, 1.54) is 5.56 Å². The number of benzene rings is 3. The van der Waals surface area contributed by atoms with Crippen LogP contribution in [0.3, 0.4) is 0 Å². The Kier molecular flexibility index (Phi) is 5.81. The molecule has 1 heterocycles. The Bertz CT molecular complexity index is 1080. The molecule has 1 aliphatic rings. The number of amides is 2. The monoisotopic (exact) mass is 414 g/mol. The van der Waals surface area contributed by atoms with Crippen molar-refractivity contribution in [2.24, 2.45) is 5.92 Å². The lowest BCUT2D eigenvalue weighted by molar-refractivity contribution is -0.121. The van der Waals surface area contributed by atoms with Gasteiger partial charge in [0.1, 0.15) is 0 Å². The van der Waals surface area contributed by atoms with E-state index in [2.05, 4.69) is 26.1 Å². The fourth-order valence-corrected chi connectivity index (χ4v) is 4.21. The summed E-state index contributed by atoms with van der Waals surface area (Å²) in [4.78, 5) is 27.6. The minimum Gasteiger partial charge on any atom is -0.339 e. The molecule has 4 nitrogen and oxygen atoms in total. The molecule has 0 atom stereocenters. The number of nitrogens with zero attached hydrogens (tertiary/aromatic N) is 1. The average molecular weight is 415 g/mol. The Hall–Kier alpha value is -3.14. The highest BCUT2D eigenvalue weighted by Crippen LogP contribution is 2.26. The van der Waals surface area contributed by atoms with E-state index in [1.54, 1.807) is 0 Å². The highest BCUT2D eigenvalue weighted by molar-refractivity contribution is 6.03. The third-order valence-electron chi connectivity index (χ3n) is 6.20. The standard InChI is InChI=1S/C27H30N2O2/c1-27(2,3)22-13-11-21(12-14-22)26(31)29-17-15-20(16-18-29)25(30)28-24-10-6-8-19-7-4-5-9-23(19)24/h4-14,20H,15-18H2,1-3H3,(H,28,30). The van der Waals surface area contributed by atoms with E-state index in [0.29, 0.717) is 31.5 Å². The molecule has 0 saturated carbocycles. The van der Waals surface area contributed by atoms with Crippen molar-refractivity contribution >= 4 is 28.3 Å². The van der Waals surface area contributed by atoms with Gasteiger partial charge in [-0.15, -0.1) is 0 Å². The smallest absolute Gasteiger partial charge is 0.253 e. The molecule has 4 heteroatoms. The molecule has 1 fully saturated rings. The van der Waals surface area contributed by atoms with Crippen LogP contribution in [-0.2, 0) is 10.2 Å². The summed E-state index contributed by atoms with van der Waals surface area (Å²) in [5, 5.41) is 5.26. The minimum absolute atomic E-state index is 0.0398. The van der Waals surface area contributed by atoms with Gasteiger partial charge in [-0.05, 0) is 47.4 Å². The molecule has 0 aromatic heterocycles. The van der Waals surface area contributed by atoms with Crippen LogP contribution < -0.4 is 5.32 Å². The lowest BCUT2D eigenvalue weighted by Crippen LogP contribution is -2.41. The van der Waals surface area contributed by atoms with Crippen molar-refractivity contribution in [1.29, 1.82) is 0 Å². The van der Waals surface area contributed by atoms with Crippen LogP contribution >= 0.6 is 0 Å². The van der Waals surface area contributed by atoms with Gasteiger partial charge in [-0.1, -0.05) is 69.3 Å². The molecule has 0 unspecified atom stereocenters. The molecule has 0 aliphatic carbocycles. The zero-order valence-corrected chi connectivity index (χ0v) is 18.5. The number of carbonyl (C=O) groups is 2. The van der Waals surface area contributed by atoms with Gasteiger partial charge < -0.3 is 10.2 Å². The van der Waals surface area contributed by atoms with Crippen molar-refractivity contribution in [2.45, 2.75) is 39.0 Å². The Morgan fingerprint density at radius 2 is 1.52 bits per heavy atom. The summed E-state index contributed by atoms with van der Waals surface area (Å²) in [7, 11) is 0. The lowest BCUT2D eigenvalue weighted by atomic mass is 9.86. The van der Waals surface area contributed by atoms with Crippen LogP contribution in [0.5, 0.6) is 0 Å². The first-order valence-electron chi connectivity index (χ1n) is 11.0. The first kappa shape index (κ1) is 21.1. The Morgan fingerprint density at radius 1 is 0.871 bits per heavy atom. The average Bonchev–Trinajstić information content (AvgIpc) is 2.78. The molecule has 1 saturated heterocycles. The molecule has 160 valence electrons. The van der Waals surface area contributed by atoms with E-state index in [4.69, 9.17) is 0 Å². The number of hydrogen-bond acceptors (Lipinski definition) is 2. The second kappa shape index (κ2) is 8.54. The Morgan fingerprint density at radius 3 is 2.19 bits per heavy atom. The molecule has 0 spiro atoms. The van der Waals surface area contributed by atoms with Crippen LogP contribution in [0.25, 0.3) is 10.8 Å². The Balaban J connectivity index is 1.37. The van der Waals surface area contributed by atoms with Gasteiger partial charge in [0.05, 0.1) is 0 Å². The van der Waals surface area contributed by atoms with Gasteiger partial charge >= 0.3 is 0 Å². The quantitative estimate of drug-likeness (QED) is 0.604. The van der Waals surface area contributed by atoms with Gasteiger partial charge in [-0.2, -0.15) is 0 Å². The fourth-order valence-electron chi connectivity index (χ4n) is 4.21. The van der Waals surface area contributed by atoms with Gasteiger partial charge in [-0.3, -0.25) is 9.59 Å². The van der Waals surface area contributed by atoms with Gasteiger partial charge in [-0.25, -0.2) is 0 Å². The van der Waals surface area contributed by atoms with Crippen molar-refractivity contribution < 1.29 is 9.59 Å². The SMILES string of the molecule is CC(C)(C)c1ccc(C(=O)N2CCC(C(=O)Nc3cccc4ccccc34)CC2)cc1. The second-order valence-electron chi connectivity index (χ2n) is 9.41. The number of piperidine rings is 1. The molecule has 31 heavy (non-hydrogen) atoms. The summed E-state index contributed by atoms with van der Waals surface area (Å²) >= 11 is 0. The first-order valence-corrected chi connectivity index (χ1v) is 11.0. The van der Waals surface area contributed by atoms with Crippen LogP contribution in [0.2, 0.25) is 0 Å². The molecular formula is C27H30N2O2. The van der Waals surface area contributed by atoms with Gasteiger partial charge in [0.25, 0.3) is 5.91 Å². The molecule has 3 aromatic rings. The van der Waals surface area contributed by atoms with Crippen molar-refractivity contribution in [3.05, 3.63) is 77.9 Å². The molecule has 0 radical (unpaired) electrons. The molecule has 4 rings (SSSR count). The number of rotatable bonds is 3. The van der Waals surface area contributed by atoms with E-state index in [0.717, 1.165) is 16.5 Å². The van der Waals surface area contributed by atoms with E-state index in [9.17, 15) is 9.59 Å². The highest BCUT2D eigenvalue weighted by Gasteiger charge is 2.28. The van der Waals surface area contributed by atoms with E-state index >= 15 is 0 Å². The topological polar surface area (TPSA) is 49.4 Å². The summed E-state index contributed by atoms with van der Waals surface area (Å²) < 4.78 is 0. The third kappa shape index (κ3) is 4.63. The molecular weight excluding hydrogens is 384 g/mol. The first-order chi connectivity index (χ1) is 14.8. The number of carbonyl (C=O) groups excluding carboxylic acids is 2. The second-order valence-corrected chi connectivity index (χ2v) is 9.41. The normalized spacial score (nSPS) is 15.1. The number of fused-ring (bicyclic) bond motifs is 1. The van der Waals surface area contributed by atoms with Crippen LogP contribution in [0.1, 0.15) is 49.5 Å². The molecule has 3 aromatic carbocycles. The van der Waals surface area contributed by atoms with Gasteiger partial charge in [0.2, 0.25) is 5.91 Å². The van der Waals surface area contributed by atoms with Gasteiger partial charge in [0.15, 0.2) is 0 Å². The van der Waals surface area contributed by atoms with Crippen molar-refractivity contribution in [1.82, 2.24) is 4.90 Å². The minimum atomic E-state index is -0.0775. The maximum atomic E-state index is 12.9. The Labute approximate surface area is 184 Å². The van der Waals surface area contributed by atoms with Crippen molar-refractivity contribution in [2.75, 3.05) is 18.4 Å². The number of likely N-dealkylation sites (tertiary alicyclic amines) is 1. The maximum Gasteiger partial charge on any atom is 0.253 e. The van der Waals surface area contributed by atoms with Crippen molar-refractivity contribution in [3.63, 3.8) is 0 Å². The molecule has 2 amide bonds. The summed E-state index contributed by atoms with van der Waals surface area (Å²) in [6, 6.07) is 21.9. The fraction of sp³-hybridized carbons (Fsp3) is 0.333. The largest absolute Gasteiger partial charge is 0.339 e. The van der Waals surface area contributed by atoms with E-state index in [-0.39, 0.29) is 23.1 Å². The molecule has 1 N–H and O–H groups in total. The molecule has 1 aliphatic heterocycles. The lowest BCUT2D eigenvalue weighted by Gasteiger charge is -2.31. The summed E-state index contributed by atoms with van der Waals surface area (Å²) in [6.45, 7) is 7.70. The van der Waals surface area contributed by atoms with Crippen LogP contribution in [0, 0.1) is 5.92 Å².